The summed E-state index contributed by atoms with van der Waals surface area (Å²) in [7, 11) is 0. The number of rotatable bonds is 6. The van der Waals surface area contributed by atoms with Crippen LogP contribution in [0.1, 0.15) is 25.0 Å². The van der Waals surface area contributed by atoms with Crippen molar-refractivity contribution >= 4 is 28.1 Å². The van der Waals surface area contributed by atoms with E-state index in [0.29, 0.717) is 6.42 Å². The van der Waals surface area contributed by atoms with Crippen LogP contribution in [0.25, 0.3) is 0 Å². The number of halogens is 1. The summed E-state index contributed by atoms with van der Waals surface area (Å²) in [4.78, 5) is 11.8. The van der Waals surface area contributed by atoms with Gasteiger partial charge in [-0.3, -0.25) is 4.79 Å². The van der Waals surface area contributed by atoms with Crippen LogP contribution in [0.5, 0.6) is 5.75 Å². The molecule has 120 valence electrons. The van der Waals surface area contributed by atoms with Gasteiger partial charge in [0.15, 0.2) is 0 Å². The summed E-state index contributed by atoms with van der Waals surface area (Å²) in [6.45, 7) is 3.95. The summed E-state index contributed by atoms with van der Waals surface area (Å²) in [6, 6.07) is 15.2. The molecule has 0 radical (unpaired) electrons. The third-order valence-corrected chi connectivity index (χ3v) is 3.44. The summed E-state index contributed by atoms with van der Waals surface area (Å²) in [5, 5.41) is 3.99. The second kappa shape index (κ2) is 8.48. The molecule has 0 fully saturated rings. The minimum atomic E-state index is -0.154. The quantitative estimate of drug-likeness (QED) is 0.615. The fraction of sp³-hybridized carbons (Fsp3) is 0.222. The molecule has 0 atom stereocenters. The molecule has 0 aromatic heterocycles. The van der Waals surface area contributed by atoms with Gasteiger partial charge in [0.05, 0.1) is 18.7 Å². The van der Waals surface area contributed by atoms with E-state index in [9.17, 15) is 4.79 Å². The van der Waals surface area contributed by atoms with Crippen molar-refractivity contribution in [1.82, 2.24) is 5.43 Å². The Kier molecular flexibility index (Phi) is 6.35. The second-order valence-electron chi connectivity index (χ2n) is 5.34. The van der Waals surface area contributed by atoms with Gasteiger partial charge in [-0.1, -0.05) is 40.2 Å². The maximum Gasteiger partial charge on any atom is 0.244 e. The summed E-state index contributed by atoms with van der Waals surface area (Å²) in [5.74, 6) is 0.628. The molecule has 0 aliphatic carbocycles. The molecule has 2 aromatic rings. The molecule has 1 N–H and O–H groups in total. The Labute approximate surface area is 144 Å². The van der Waals surface area contributed by atoms with Crippen LogP contribution in [0.3, 0.4) is 0 Å². The number of carbonyl (C=O) groups excluding carboxylic acids is 1. The van der Waals surface area contributed by atoms with Crippen molar-refractivity contribution < 1.29 is 9.53 Å². The fourth-order valence-corrected chi connectivity index (χ4v) is 2.21. The van der Waals surface area contributed by atoms with Crippen molar-refractivity contribution in [3.05, 3.63) is 64.1 Å². The first-order valence-electron chi connectivity index (χ1n) is 7.36. The molecule has 4 nitrogen and oxygen atoms in total. The lowest BCUT2D eigenvalue weighted by molar-refractivity contribution is -0.120. The van der Waals surface area contributed by atoms with Gasteiger partial charge in [0.25, 0.3) is 0 Å². The Hall–Kier alpha value is -2.14. The maximum atomic E-state index is 11.8. The van der Waals surface area contributed by atoms with Crippen molar-refractivity contribution in [3.8, 4) is 5.75 Å². The number of hydrogen-bond acceptors (Lipinski definition) is 3. The lowest BCUT2D eigenvalue weighted by atomic mass is 10.1. The second-order valence-corrected chi connectivity index (χ2v) is 6.25. The summed E-state index contributed by atoms with van der Waals surface area (Å²) < 4.78 is 6.61. The standard InChI is InChI=1S/C18H19BrN2O2/c1-13(2)23-17-5-3-4-15(10-17)12-20-21-18(22)11-14-6-8-16(19)9-7-14/h3-10,12-13H,11H2,1-2H3,(H,21,22)/b20-12+. The fourth-order valence-electron chi connectivity index (χ4n) is 1.95. The Morgan fingerprint density at radius 1 is 1.26 bits per heavy atom. The van der Waals surface area contributed by atoms with Crippen LogP contribution in [0.4, 0.5) is 0 Å². The summed E-state index contributed by atoms with van der Waals surface area (Å²) >= 11 is 3.37. The van der Waals surface area contributed by atoms with Crippen LogP contribution in [-0.2, 0) is 11.2 Å². The maximum absolute atomic E-state index is 11.8. The van der Waals surface area contributed by atoms with E-state index in [4.69, 9.17) is 4.74 Å². The Balaban J connectivity index is 1.88. The molecule has 0 unspecified atom stereocenters. The van der Waals surface area contributed by atoms with E-state index in [1.807, 2.05) is 62.4 Å². The van der Waals surface area contributed by atoms with Gasteiger partial charge in [-0.25, -0.2) is 5.43 Å². The van der Waals surface area contributed by atoms with Crippen LogP contribution in [0.15, 0.2) is 58.1 Å². The molecular weight excluding hydrogens is 356 g/mol. The highest BCUT2D eigenvalue weighted by Gasteiger charge is 2.02. The first kappa shape index (κ1) is 17.2. The van der Waals surface area contributed by atoms with Crippen molar-refractivity contribution in [3.63, 3.8) is 0 Å². The molecule has 0 spiro atoms. The van der Waals surface area contributed by atoms with Crippen molar-refractivity contribution in [2.24, 2.45) is 5.10 Å². The normalized spacial score (nSPS) is 11.0. The number of hydrogen-bond donors (Lipinski definition) is 1. The Morgan fingerprint density at radius 2 is 2.00 bits per heavy atom. The van der Waals surface area contributed by atoms with Crippen LogP contribution in [0.2, 0.25) is 0 Å². The predicted molar refractivity (Wildman–Crippen MR) is 95.8 cm³/mol. The molecule has 5 heteroatoms. The predicted octanol–water partition coefficient (Wildman–Crippen LogP) is 3.93. The molecule has 0 aliphatic rings. The molecule has 1 amide bonds. The van der Waals surface area contributed by atoms with Gasteiger partial charge in [0, 0.05) is 4.47 Å². The Morgan fingerprint density at radius 3 is 2.70 bits per heavy atom. The third kappa shape index (κ3) is 6.24. The molecule has 0 saturated carbocycles. The van der Waals surface area contributed by atoms with Crippen LogP contribution in [0, 0.1) is 0 Å². The summed E-state index contributed by atoms with van der Waals surface area (Å²) in [6.07, 6.45) is 2.01. The lowest BCUT2D eigenvalue weighted by Gasteiger charge is -2.09. The minimum Gasteiger partial charge on any atom is -0.491 e. The van der Waals surface area contributed by atoms with Gasteiger partial charge in [-0.2, -0.15) is 5.10 Å². The molecule has 0 aliphatic heterocycles. The zero-order chi connectivity index (χ0) is 16.7. The van der Waals surface area contributed by atoms with Crippen molar-refractivity contribution in [2.45, 2.75) is 26.4 Å². The number of nitrogens with one attached hydrogen (secondary N) is 1. The molecule has 2 aromatic carbocycles. The Bertz CT molecular complexity index is 682. The highest BCUT2D eigenvalue weighted by Crippen LogP contribution is 2.13. The van der Waals surface area contributed by atoms with E-state index < -0.39 is 0 Å². The largest absolute Gasteiger partial charge is 0.491 e. The lowest BCUT2D eigenvalue weighted by Crippen LogP contribution is -2.19. The zero-order valence-corrected chi connectivity index (χ0v) is 14.7. The number of hydrazone groups is 1. The molecule has 0 saturated heterocycles. The number of nitrogens with zero attached hydrogens (tertiary/aromatic N) is 1. The molecule has 0 bridgehead atoms. The smallest absolute Gasteiger partial charge is 0.244 e. The number of benzene rings is 2. The van der Waals surface area contributed by atoms with Crippen molar-refractivity contribution in [1.29, 1.82) is 0 Å². The van der Waals surface area contributed by atoms with E-state index in [2.05, 4.69) is 26.5 Å². The number of amides is 1. The van der Waals surface area contributed by atoms with Crippen LogP contribution < -0.4 is 10.2 Å². The van der Waals surface area contributed by atoms with Gasteiger partial charge in [-0.15, -0.1) is 0 Å². The first-order chi connectivity index (χ1) is 11.0. The van der Waals surface area contributed by atoms with Gasteiger partial charge in [0.1, 0.15) is 5.75 Å². The van der Waals surface area contributed by atoms with Gasteiger partial charge in [-0.05, 0) is 49.2 Å². The summed E-state index contributed by atoms with van der Waals surface area (Å²) in [5.41, 5.74) is 4.34. The first-order valence-corrected chi connectivity index (χ1v) is 8.15. The zero-order valence-electron chi connectivity index (χ0n) is 13.1. The molecule has 2 rings (SSSR count). The van der Waals surface area contributed by atoms with Crippen LogP contribution in [-0.4, -0.2) is 18.2 Å². The third-order valence-electron chi connectivity index (χ3n) is 2.91. The highest BCUT2D eigenvalue weighted by atomic mass is 79.9. The van der Waals surface area contributed by atoms with E-state index in [1.165, 1.54) is 0 Å². The average Bonchev–Trinajstić information content (AvgIpc) is 2.49. The van der Waals surface area contributed by atoms with E-state index in [0.717, 1.165) is 21.3 Å². The number of ether oxygens (including phenoxy) is 1. The number of carbonyl (C=O) groups is 1. The highest BCUT2D eigenvalue weighted by molar-refractivity contribution is 9.10. The van der Waals surface area contributed by atoms with Gasteiger partial charge >= 0.3 is 0 Å². The monoisotopic (exact) mass is 374 g/mol. The van der Waals surface area contributed by atoms with Gasteiger partial charge in [0.2, 0.25) is 5.91 Å². The van der Waals surface area contributed by atoms with Crippen molar-refractivity contribution in [2.75, 3.05) is 0 Å². The minimum absolute atomic E-state index is 0.118. The van der Waals surface area contributed by atoms with E-state index >= 15 is 0 Å². The van der Waals surface area contributed by atoms with Gasteiger partial charge < -0.3 is 4.74 Å². The topological polar surface area (TPSA) is 50.7 Å². The van der Waals surface area contributed by atoms with E-state index in [1.54, 1.807) is 6.21 Å². The van der Waals surface area contributed by atoms with E-state index in [-0.39, 0.29) is 12.0 Å². The molecule has 23 heavy (non-hydrogen) atoms. The van der Waals surface area contributed by atoms with Crippen LogP contribution >= 0.6 is 15.9 Å². The molecule has 0 heterocycles. The molecular formula is C18H19BrN2O2. The SMILES string of the molecule is CC(C)Oc1cccc(/C=N/NC(=O)Cc2ccc(Br)cc2)c1. The average molecular weight is 375 g/mol.